The topological polar surface area (TPSA) is 126 Å². The average Bonchev–Trinajstić information content (AvgIpc) is 3.57. The van der Waals surface area contributed by atoms with E-state index in [1.54, 1.807) is 43.3 Å². The second-order valence-corrected chi connectivity index (χ2v) is 11.8. The van der Waals surface area contributed by atoms with Crippen molar-refractivity contribution in [2.24, 2.45) is 4.99 Å². The van der Waals surface area contributed by atoms with Crippen LogP contribution in [0.3, 0.4) is 0 Å². The molecular weight excluding hydrogens is 653 g/mol. The smallest absolute Gasteiger partial charge is 0.338 e. The number of nitrogens with zero attached hydrogens (tertiary/aromatic N) is 3. The van der Waals surface area contributed by atoms with E-state index in [4.69, 9.17) is 53.7 Å². The number of fused-ring (bicyclic) bond motifs is 1. The lowest BCUT2D eigenvalue weighted by Crippen LogP contribution is -2.40. The number of aromatic nitrogens is 1. The Bertz CT molecular complexity index is 2010. The molecule has 2 aromatic carbocycles. The summed E-state index contributed by atoms with van der Waals surface area (Å²) in [5.41, 5.74) is 0.842. The van der Waals surface area contributed by atoms with Crippen LogP contribution in [0.5, 0.6) is 5.75 Å². The van der Waals surface area contributed by atoms with Gasteiger partial charge in [-0.3, -0.25) is 19.5 Å². The van der Waals surface area contributed by atoms with E-state index >= 15 is 0 Å². The molecule has 0 aliphatic carbocycles. The van der Waals surface area contributed by atoms with Crippen molar-refractivity contribution in [3.05, 3.63) is 110 Å². The van der Waals surface area contributed by atoms with Crippen molar-refractivity contribution in [3.63, 3.8) is 0 Å². The van der Waals surface area contributed by atoms with Gasteiger partial charge >= 0.3 is 5.97 Å². The number of esters is 1. The third-order valence-corrected chi connectivity index (χ3v) is 8.61. The van der Waals surface area contributed by atoms with Gasteiger partial charge in [0.25, 0.3) is 11.2 Å². The first-order valence-electron chi connectivity index (χ1n) is 13.4. The van der Waals surface area contributed by atoms with Crippen LogP contribution in [0.1, 0.15) is 44.1 Å². The molecule has 0 amide bonds. The van der Waals surface area contributed by atoms with E-state index in [2.05, 4.69) is 0 Å². The van der Waals surface area contributed by atoms with Gasteiger partial charge in [-0.1, -0.05) is 59.5 Å². The molecule has 0 fully saturated rings. The fraction of sp³-hybridized carbons (Fsp3) is 0.233. The average molecular weight is 677 g/mol. The molecule has 10 nitrogen and oxygen atoms in total. The summed E-state index contributed by atoms with van der Waals surface area (Å²) in [5.74, 6) is 0.450. The summed E-state index contributed by atoms with van der Waals surface area (Å²) < 4.78 is 18.7. The molecule has 4 aromatic rings. The third-order valence-electron chi connectivity index (χ3n) is 6.78. The van der Waals surface area contributed by atoms with E-state index < -0.39 is 22.5 Å². The number of nitro benzene ring substituents is 1. The molecular formula is C30H24Cl3N3O7S. The van der Waals surface area contributed by atoms with Crippen LogP contribution < -0.4 is 19.6 Å². The van der Waals surface area contributed by atoms with E-state index in [9.17, 15) is 19.7 Å². The zero-order valence-corrected chi connectivity index (χ0v) is 26.6. The minimum Gasteiger partial charge on any atom is -0.496 e. The van der Waals surface area contributed by atoms with Gasteiger partial charge in [0.2, 0.25) is 0 Å². The molecule has 0 radical (unpaired) electrons. The number of allylic oxidation sites excluding steroid dienone is 1. The molecule has 0 saturated carbocycles. The summed E-state index contributed by atoms with van der Waals surface area (Å²) >= 11 is 19.9. The van der Waals surface area contributed by atoms with Crippen LogP contribution >= 0.6 is 46.1 Å². The lowest BCUT2D eigenvalue weighted by molar-refractivity contribution is -0.384. The first-order chi connectivity index (χ1) is 21.1. The zero-order chi connectivity index (χ0) is 31.7. The third kappa shape index (κ3) is 5.92. The Morgan fingerprint density at radius 3 is 2.61 bits per heavy atom. The molecule has 228 valence electrons. The van der Waals surface area contributed by atoms with Gasteiger partial charge < -0.3 is 13.9 Å². The van der Waals surface area contributed by atoms with Crippen LogP contribution in [-0.4, -0.2) is 29.2 Å². The minimum atomic E-state index is -0.920. The predicted molar refractivity (Wildman–Crippen MR) is 168 cm³/mol. The maximum Gasteiger partial charge on any atom is 0.338 e. The van der Waals surface area contributed by atoms with E-state index in [1.807, 2.05) is 6.92 Å². The molecule has 44 heavy (non-hydrogen) atoms. The van der Waals surface area contributed by atoms with Crippen molar-refractivity contribution in [2.75, 3.05) is 13.7 Å². The van der Waals surface area contributed by atoms with Gasteiger partial charge in [0, 0.05) is 28.3 Å². The maximum atomic E-state index is 14.0. The number of ether oxygens (including phenoxy) is 2. The van der Waals surface area contributed by atoms with Crippen molar-refractivity contribution in [3.8, 4) is 17.1 Å². The van der Waals surface area contributed by atoms with E-state index in [0.29, 0.717) is 56.8 Å². The summed E-state index contributed by atoms with van der Waals surface area (Å²) in [5, 5.41) is 11.6. The number of thiazole rings is 1. The second kappa shape index (κ2) is 13.0. The first kappa shape index (κ1) is 31.5. The molecule has 1 aliphatic rings. The molecule has 0 spiro atoms. The Balaban J connectivity index is 1.69. The number of methoxy groups -OCH3 is 1. The van der Waals surface area contributed by atoms with Gasteiger partial charge in [0.05, 0.1) is 39.5 Å². The lowest BCUT2D eigenvalue weighted by atomic mass is 9.93. The standard InChI is InChI=1S/C30H24Cl3N3O7S/c1-4-6-21-26(29(38)42-5-2)27(18-11-15(31)7-9-23(18)41-3)35-28(37)25(44-30(35)34-21)12-16-8-10-24(43-16)17-13-20(33)22(36(39)40)14-19(17)32/h7-14,27H,4-6H2,1-3H3/b25-12+/t27-/m1/s1. The van der Waals surface area contributed by atoms with Crippen molar-refractivity contribution in [2.45, 2.75) is 32.7 Å². The molecule has 0 bridgehead atoms. The van der Waals surface area contributed by atoms with E-state index in [1.165, 1.54) is 17.7 Å². The zero-order valence-electron chi connectivity index (χ0n) is 23.6. The largest absolute Gasteiger partial charge is 0.496 e. The van der Waals surface area contributed by atoms with Crippen molar-refractivity contribution in [1.82, 2.24) is 4.57 Å². The molecule has 0 unspecified atom stereocenters. The number of carbonyl (C=O) groups is 1. The van der Waals surface area contributed by atoms with Crippen molar-refractivity contribution >= 4 is 63.9 Å². The number of benzene rings is 2. The lowest BCUT2D eigenvalue weighted by Gasteiger charge is -2.27. The fourth-order valence-corrected chi connectivity index (χ4v) is 6.57. The summed E-state index contributed by atoms with van der Waals surface area (Å²) in [6, 6.07) is 9.82. The Hall–Kier alpha value is -3.90. The van der Waals surface area contributed by atoms with Crippen molar-refractivity contribution in [1.29, 1.82) is 0 Å². The monoisotopic (exact) mass is 675 g/mol. The molecule has 14 heteroatoms. The molecule has 5 rings (SSSR count). The van der Waals surface area contributed by atoms with Gasteiger partial charge in [-0.25, -0.2) is 9.79 Å². The summed E-state index contributed by atoms with van der Waals surface area (Å²) in [6.07, 6.45) is 2.72. The van der Waals surface area contributed by atoms with Gasteiger partial charge in [0.15, 0.2) is 4.80 Å². The Labute approximate surface area is 269 Å². The van der Waals surface area contributed by atoms with Crippen LogP contribution in [-0.2, 0) is 9.53 Å². The molecule has 0 N–H and O–H groups in total. The highest BCUT2D eigenvalue weighted by molar-refractivity contribution is 7.07. The van der Waals surface area contributed by atoms with Crippen LogP contribution in [0.15, 0.2) is 67.9 Å². The SMILES string of the molecule is CCCC1=C(C(=O)OCC)[C@@H](c2cc(Cl)ccc2OC)n2c(s/c(=C/c3ccc(-c4cc(Cl)c([N+](=O)[O-])cc4Cl)o3)c2=O)=N1. The Morgan fingerprint density at radius 1 is 1.16 bits per heavy atom. The first-order valence-corrected chi connectivity index (χ1v) is 15.3. The highest BCUT2D eigenvalue weighted by Crippen LogP contribution is 2.39. The highest BCUT2D eigenvalue weighted by atomic mass is 35.5. The molecule has 2 aromatic heterocycles. The molecule has 1 atom stereocenters. The Kier molecular flexibility index (Phi) is 9.31. The number of nitro groups is 1. The summed E-state index contributed by atoms with van der Waals surface area (Å²) in [6.45, 7) is 3.81. The minimum absolute atomic E-state index is 0.0757. The summed E-state index contributed by atoms with van der Waals surface area (Å²) in [4.78, 5) is 43.2. The van der Waals surface area contributed by atoms with Crippen LogP contribution in [0, 0.1) is 10.1 Å². The molecule has 3 heterocycles. The normalized spacial score (nSPS) is 14.8. The van der Waals surface area contributed by atoms with Crippen LogP contribution in [0.2, 0.25) is 15.1 Å². The molecule has 0 saturated heterocycles. The maximum absolute atomic E-state index is 14.0. The number of hydrogen-bond donors (Lipinski definition) is 0. The quantitative estimate of drug-likeness (QED) is 0.110. The number of furan rings is 1. The van der Waals surface area contributed by atoms with E-state index in [0.717, 1.165) is 17.4 Å². The fourth-order valence-electron chi connectivity index (χ4n) is 4.90. The van der Waals surface area contributed by atoms with Crippen LogP contribution in [0.4, 0.5) is 5.69 Å². The second-order valence-electron chi connectivity index (χ2n) is 9.54. The highest BCUT2D eigenvalue weighted by Gasteiger charge is 2.36. The number of halogens is 3. The number of carbonyl (C=O) groups excluding carboxylic acids is 1. The predicted octanol–water partition coefficient (Wildman–Crippen LogP) is 6.72. The van der Waals surface area contributed by atoms with Crippen molar-refractivity contribution < 1.29 is 23.6 Å². The van der Waals surface area contributed by atoms with Gasteiger partial charge in [-0.05, 0) is 49.7 Å². The number of rotatable bonds is 9. The van der Waals surface area contributed by atoms with Gasteiger partial charge in [-0.15, -0.1) is 0 Å². The van der Waals surface area contributed by atoms with Gasteiger partial charge in [0.1, 0.15) is 28.3 Å². The Morgan fingerprint density at radius 2 is 1.93 bits per heavy atom. The summed E-state index contributed by atoms with van der Waals surface area (Å²) in [7, 11) is 1.50. The number of hydrogen-bond acceptors (Lipinski definition) is 9. The van der Waals surface area contributed by atoms with Gasteiger partial charge in [-0.2, -0.15) is 0 Å². The van der Waals surface area contributed by atoms with Crippen LogP contribution in [0.25, 0.3) is 17.4 Å². The molecule has 1 aliphatic heterocycles. The van der Waals surface area contributed by atoms with E-state index in [-0.39, 0.29) is 32.4 Å².